The summed E-state index contributed by atoms with van der Waals surface area (Å²) in [6.07, 6.45) is 3.37. The molecule has 0 amide bonds. The van der Waals surface area contributed by atoms with Crippen LogP contribution in [0.2, 0.25) is 0 Å². The third kappa shape index (κ3) is 3.88. The molecular formula is C16H20N2O. The molecule has 0 aliphatic heterocycles. The van der Waals surface area contributed by atoms with Crippen LogP contribution in [0.25, 0.3) is 0 Å². The topological polar surface area (TPSA) is 59.1 Å². The van der Waals surface area contributed by atoms with Crippen molar-refractivity contribution in [3.63, 3.8) is 0 Å². The monoisotopic (exact) mass is 256 g/mol. The molecule has 3 N–H and O–H groups in total. The van der Waals surface area contributed by atoms with Gasteiger partial charge in [0.25, 0.3) is 0 Å². The van der Waals surface area contributed by atoms with Gasteiger partial charge < -0.3 is 10.8 Å². The van der Waals surface area contributed by atoms with Crippen LogP contribution in [0.4, 0.5) is 0 Å². The van der Waals surface area contributed by atoms with E-state index in [0.29, 0.717) is 6.42 Å². The number of rotatable bonds is 5. The molecule has 1 aromatic carbocycles. The molecule has 19 heavy (non-hydrogen) atoms. The van der Waals surface area contributed by atoms with Gasteiger partial charge in [0.1, 0.15) is 0 Å². The molecular weight excluding hydrogens is 236 g/mol. The molecule has 0 bridgehead atoms. The Kier molecular flexibility index (Phi) is 4.66. The first-order valence-electron chi connectivity index (χ1n) is 6.54. The van der Waals surface area contributed by atoms with Crippen molar-refractivity contribution in [2.45, 2.75) is 25.8 Å². The lowest BCUT2D eigenvalue weighted by atomic mass is 10.0. The average Bonchev–Trinajstić information content (AvgIpc) is 2.43. The first-order chi connectivity index (χ1) is 9.19. The Balaban J connectivity index is 2.11. The highest BCUT2D eigenvalue weighted by atomic mass is 16.3. The second-order valence-electron chi connectivity index (χ2n) is 4.92. The summed E-state index contributed by atoms with van der Waals surface area (Å²) >= 11 is 0. The normalized spacial score (nSPS) is 12.4. The van der Waals surface area contributed by atoms with Crippen LogP contribution < -0.4 is 5.73 Å². The van der Waals surface area contributed by atoms with Gasteiger partial charge >= 0.3 is 0 Å². The van der Waals surface area contributed by atoms with Crippen LogP contribution >= 0.6 is 0 Å². The number of benzene rings is 1. The van der Waals surface area contributed by atoms with Gasteiger partial charge in [0.2, 0.25) is 0 Å². The molecule has 3 nitrogen and oxygen atoms in total. The molecule has 0 saturated heterocycles. The van der Waals surface area contributed by atoms with Crippen molar-refractivity contribution < 1.29 is 5.11 Å². The smallest absolute Gasteiger partial charge is 0.0585 e. The third-order valence-electron chi connectivity index (χ3n) is 3.19. The number of aryl methyl sites for hydroxylation is 1. The fourth-order valence-corrected chi connectivity index (χ4v) is 2.11. The molecule has 2 aromatic rings. The van der Waals surface area contributed by atoms with Gasteiger partial charge in [0, 0.05) is 24.4 Å². The molecule has 0 spiro atoms. The third-order valence-corrected chi connectivity index (χ3v) is 3.19. The molecule has 0 fully saturated rings. The van der Waals surface area contributed by atoms with E-state index in [4.69, 9.17) is 10.8 Å². The molecule has 1 heterocycles. The summed E-state index contributed by atoms with van der Waals surface area (Å²) in [6.45, 7) is 2.07. The van der Waals surface area contributed by atoms with Crippen LogP contribution in [0.15, 0.2) is 42.6 Å². The highest BCUT2D eigenvalue weighted by Crippen LogP contribution is 2.13. The Bertz CT molecular complexity index is 526. The van der Waals surface area contributed by atoms with Gasteiger partial charge in [-0.15, -0.1) is 0 Å². The van der Waals surface area contributed by atoms with Crippen molar-refractivity contribution in [3.05, 3.63) is 65.0 Å². The summed E-state index contributed by atoms with van der Waals surface area (Å²) in [6, 6.07) is 12.2. The molecule has 3 heteroatoms. The Morgan fingerprint density at radius 1 is 1.21 bits per heavy atom. The van der Waals surface area contributed by atoms with E-state index in [9.17, 15) is 0 Å². The highest BCUT2D eigenvalue weighted by molar-refractivity contribution is 5.29. The van der Waals surface area contributed by atoms with Crippen LogP contribution in [0, 0.1) is 6.92 Å². The van der Waals surface area contributed by atoms with Gasteiger partial charge in [-0.05, 0) is 30.0 Å². The van der Waals surface area contributed by atoms with E-state index in [1.165, 1.54) is 11.1 Å². The summed E-state index contributed by atoms with van der Waals surface area (Å²) in [5.41, 5.74) is 10.3. The van der Waals surface area contributed by atoms with Gasteiger partial charge in [-0.3, -0.25) is 4.98 Å². The second kappa shape index (κ2) is 6.45. The van der Waals surface area contributed by atoms with E-state index >= 15 is 0 Å². The van der Waals surface area contributed by atoms with Crippen molar-refractivity contribution in [2.24, 2.45) is 5.73 Å². The minimum Gasteiger partial charge on any atom is -0.395 e. The lowest BCUT2D eigenvalue weighted by molar-refractivity contribution is 0.265. The zero-order chi connectivity index (χ0) is 13.7. The van der Waals surface area contributed by atoms with Crippen LogP contribution in [-0.4, -0.2) is 22.7 Å². The van der Waals surface area contributed by atoms with E-state index in [1.54, 1.807) is 0 Å². The number of aliphatic hydroxyl groups is 1. The lowest BCUT2D eigenvalue weighted by Crippen LogP contribution is -2.26. The van der Waals surface area contributed by atoms with Crippen molar-refractivity contribution in [2.75, 3.05) is 6.61 Å². The minimum atomic E-state index is -0.207. The van der Waals surface area contributed by atoms with Gasteiger partial charge in [-0.25, -0.2) is 0 Å². The van der Waals surface area contributed by atoms with Crippen LogP contribution in [0.3, 0.4) is 0 Å². The lowest BCUT2D eigenvalue weighted by Gasteiger charge is -2.11. The number of aliphatic hydroxyl groups excluding tert-OH is 1. The van der Waals surface area contributed by atoms with Crippen molar-refractivity contribution in [3.8, 4) is 0 Å². The Morgan fingerprint density at radius 3 is 2.58 bits per heavy atom. The number of aromatic nitrogens is 1. The molecule has 0 radical (unpaired) electrons. The first kappa shape index (κ1) is 13.7. The fraction of sp³-hybridized carbons (Fsp3) is 0.312. The van der Waals surface area contributed by atoms with E-state index < -0.39 is 0 Å². The van der Waals surface area contributed by atoms with Crippen LogP contribution in [-0.2, 0) is 12.8 Å². The summed E-state index contributed by atoms with van der Waals surface area (Å²) < 4.78 is 0. The standard InChI is InChI=1S/C16H20N2O/c1-12-7-14(8-15(17)11-19)10-18-16(12)9-13-5-3-2-4-6-13/h2-7,10,15,19H,8-9,11,17H2,1H3. The Morgan fingerprint density at radius 2 is 1.95 bits per heavy atom. The fourth-order valence-electron chi connectivity index (χ4n) is 2.11. The maximum absolute atomic E-state index is 8.97. The zero-order valence-corrected chi connectivity index (χ0v) is 11.2. The van der Waals surface area contributed by atoms with Gasteiger partial charge in [0.05, 0.1) is 6.61 Å². The summed E-state index contributed by atoms with van der Waals surface area (Å²) in [5, 5.41) is 8.97. The molecule has 1 aromatic heterocycles. The number of hydrogen-bond acceptors (Lipinski definition) is 3. The van der Waals surface area contributed by atoms with Crippen LogP contribution in [0.5, 0.6) is 0 Å². The van der Waals surface area contributed by atoms with Gasteiger partial charge in [0.15, 0.2) is 0 Å². The van der Waals surface area contributed by atoms with Crippen molar-refractivity contribution in [1.29, 1.82) is 0 Å². The first-order valence-corrected chi connectivity index (χ1v) is 6.54. The SMILES string of the molecule is Cc1cc(CC(N)CO)cnc1Cc1ccccc1. The maximum Gasteiger partial charge on any atom is 0.0585 e. The summed E-state index contributed by atoms with van der Waals surface area (Å²) in [5.74, 6) is 0. The number of pyridine rings is 1. The highest BCUT2D eigenvalue weighted by Gasteiger charge is 2.06. The van der Waals surface area contributed by atoms with Gasteiger partial charge in [-0.2, -0.15) is 0 Å². The number of nitrogens with zero attached hydrogens (tertiary/aromatic N) is 1. The van der Waals surface area contributed by atoms with E-state index in [0.717, 1.165) is 17.7 Å². The van der Waals surface area contributed by atoms with Crippen LogP contribution in [0.1, 0.15) is 22.4 Å². The van der Waals surface area contributed by atoms with Gasteiger partial charge in [-0.1, -0.05) is 36.4 Å². The molecule has 1 atom stereocenters. The van der Waals surface area contributed by atoms with Crippen molar-refractivity contribution in [1.82, 2.24) is 4.98 Å². The van der Waals surface area contributed by atoms with E-state index in [-0.39, 0.29) is 12.6 Å². The molecule has 1 unspecified atom stereocenters. The summed E-state index contributed by atoms with van der Waals surface area (Å²) in [4.78, 5) is 4.52. The van der Waals surface area contributed by atoms with E-state index in [1.807, 2.05) is 24.4 Å². The molecule has 100 valence electrons. The summed E-state index contributed by atoms with van der Waals surface area (Å²) in [7, 11) is 0. The molecule has 0 aliphatic carbocycles. The average molecular weight is 256 g/mol. The number of hydrogen-bond donors (Lipinski definition) is 2. The Hall–Kier alpha value is -1.71. The Labute approximate surface area is 114 Å². The largest absolute Gasteiger partial charge is 0.395 e. The predicted molar refractivity (Wildman–Crippen MR) is 77.0 cm³/mol. The molecule has 0 saturated carbocycles. The quantitative estimate of drug-likeness (QED) is 0.858. The second-order valence-corrected chi connectivity index (χ2v) is 4.92. The molecule has 0 aliphatic rings. The zero-order valence-electron chi connectivity index (χ0n) is 11.2. The predicted octanol–water partition coefficient (Wildman–Crippen LogP) is 1.84. The van der Waals surface area contributed by atoms with Crippen molar-refractivity contribution >= 4 is 0 Å². The molecule has 2 rings (SSSR count). The number of nitrogens with two attached hydrogens (primary N) is 1. The van der Waals surface area contributed by atoms with E-state index in [2.05, 4.69) is 30.1 Å². The maximum atomic E-state index is 8.97. The minimum absolute atomic E-state index is 0.00478.